The van der Waals surface area contributed by atoms with Crippen molar-refractivity contribution in [3.05, 3.63) is 36.3 Å². The first-order valence-corrected chi connectivity index (χ1v) is 4.11. The molecule has 0 amide bonds. The quantitative estimate of drug-likeness (QED) is 0.790. The van der Waals surface area contributed by atoms with Gasteiger partial charge in [-0.15, -0.1) is 5.10 Å². The van der Waals surface area contributed by atoms with Gasteiger partial charge in [0.25, 0.3) is 0 Å². The van der Waals surface area contributed by atoms with E-state index in [1.807, 2.05) is 0 Å². The Morgan fingerprint density at radius 3 is 2.60 bits per heavy atom. The molecule has 0 spiro atoms. The van der Waals surface area contributed by atoms with Crippen LogP contribution in [0.25, 0.3) is 11.3 Å². The molecule has 2 aromatic rings. The summed E-state index contributed by atoms with van der Waals surface area (Å²) in [6, 6.07) is 4.45. The van der Waals surface area contributed by atoms with Crippen LogP contribution in [0.4, 0.5) is 13.2 Å². The van der Waals surface area contributed by atoms with Gasteiger partial charge in [0.1, 0.15) is 0 Å². The number of aromatic amines is 1. The Kier molecular flexibility index (Phi) is 2.18. The van der Waals surface area contributed by atoms with Crippen LogP contribution in [-0.2, 0) is 6.18 Å². The molecular formula is C9H6F3N3. The van der Waals surface area contributed by atoms with Crippen molar-refractivity contribution in [2.75, 3.05) is 0 Å². The molecule has 0 saturated heterocycles. The lowest BCUT2D eigenvalue weighted by molar-refractivity contribution is -0.141. The van der Waals surface area contributed by atoms with E-state index in [1.165, 1.54) is 12.3 Å². The van der Waals surface area contributed by atoms with Gasteiger partial charge in [-0.1, -0.05) is 0 Å². The lowest BCUT2D eigenvalue weighted by atomic mass is 10.1. The van der Waals surface area contributed by atoms with Crippen LogP contribution in [0.1, 0.15) is 5.69 Å². The number of nitrogens with zero attached hydrogens (tertiary/aromatic N) is 2. The minimum atomic E-state index is -4.49. The summed E-state index contributed by atoms with van der Waals surface area (Å²) >= 11 is 0. The molecule has 0 fully saturated rings. The van der Waals surface area contributed by atoms with E-state index in [2.05, 4.69) is 15.2 Å². The number of rotatable bonds is 1. The molecule has 0 unspecified atom stereocenters. The van der Waals surface area contributed by atoms with Crippen LogP contribution in [-0.4, -0.2) is 15.2 Å². The van der Waals surface area contributed by atoms with Crippen molar-refractivity contribution >= 4 is 0 Å². The van der Waals surface area contributed by atoms with E-state index in [4.69, 9.17) is 0 Å². The van der Waals surface area contributed by atoms with Crippen molar-refractivity contribution in [3.8, 4) is 11.3 Å². The number of hydrogen-bond acceptors (Lipinski definition) is 2. The second kappa shape index (κ2) is 3.38. The number of hydrogen-bond donors (Lipinski definition) is 1. The molecule has 0 bridgehead atoms. The maximum absolute atomic E-state index is 12.5. The molecule has 0 radical (unpaired) electrons. The molecule has 6 heteroatoms. The van der Waals surface area contributed by atoms with Crippen molar-refractivity contribution in [1.29, 1.82) is 0 Å². The SMILES string of the molecule is FC(F)(F)c1nnccc1-c1ccc[nH]1. The maximum atomic E-state index is 12.5. The predicted octanol–water partition coefficient (Wildman–Crippen LogP) is 2.49. The molecular weight excluding hydrogens is 207 g/mol. The smallest absolute Gasteiger partial charge is 0.361 e. The number of alkyl halides is 3. The summed E-state index contributed by atoms with van der Waals surface area (Å²) in [5.74, 6) is 0. The van der Waals surface area contributed by atoms with Crippen molar-refractivity contribution in [2.45, 2.75) is 6.18 Å². The van der Waals surface area contributed by atoms with E-state index in [0.717, 1.165) is 0 Å². The van der Waals surface area contributed by atoms with Gasteiger partial charge in [-0.25, -0.2) is 0 Å². The lowest BCUT2D eigenvalue weighted by Crippen LogP contribution is -2.11. The summed E-state index contributed by atoms with van der Waals surface area (Å²) in [5.41, 5.74) is -0.604. The monoisotopic (exact) mass is 213 g/mol. The first-order chi connectivity index (χ1) is 7.09. The fourth-order valence-electron chi connectivity index (χ4n) is 1.26. The summed E-state index contributed by atoms with van der Waals surface area (Å²) in [6.07, 6.45) is -1.71. The summed E-state index contributed by atoms with van der Waals surface area (Å²) < 4.78 is 37.6. The highest BCUT2D eigenvalue weighted by atomic mass is 19.4. The average Bonchev–Trinajstić information content (AvgIpc) is 2.69. The molecule has 0 aromatic carbocycles. The standard InChI is InChI=1S/C9H6F3N3/c10-9(11,12)8-6(3-5-14-15-8)7-2-1-4-13-7/h1-5,13H. The summed E-state index contributed by atoms with van der Waals surface area (Å²) in [6.45, 7) is 0. The van der Waals surface area contributed by atoms with Crippen molar-refractivity contribution in [3.63, 3.8) is 0 Å². The molecule has 15 heavy (non-hydrogen) atoms. The molecule has 2 rings (SSSR count). The van der Waals surface area contributed by atoms with Gasteiger partial charge in [0.15, 0.2) is 5.69 Å². The Morgan fingerprint density at radius 2 is 2.00 bits per heavy atom. The fraction of sp³-hybridized carbons (Fsp3) is 0.111. The first-order valence-electron chi connectivity index (χ1n) is 4.11. The van der Waals surface area contributed by atoms with E-state index in [0.29, 0.717) is 5.69 Å². The van der Waals surface area contributed by atoms with E-state index in [-0.39, 0.29) is 5.56 Å². The Hall–Kier alpha value is -1.85. The van der Waals surface area contributed by atoms with Gasteiger partial charge in [-0.05, 0) is 18.2 Å². The van der Waals surface area contributed by atoms with E-state index >= 15 is 0 Å². The minimum absolute atomic E-state index is 0.00231. The van der Waals surface area contributed by atoms with Gasteiger partial charge in [-0.3, -0.25) is 0 Å². The van der Waals surface area contributed by atoms with Gasteiger partial charge in [0, 0.05) is 17.5 Å². The Balaban J connectivity index is 2.58. The number of nitrogens with one attached hydrogen (secondary N) is 1. The molecule has 78 valence electrons. The third-order valence-corrected chi connectivity index (χ3v) is 1.88. The molecule has 0 aliphatic rings. The molecule has 0 atom stereocenters. The van der Waals surface area contributed by atoms with E-state index < -0.39 is 11.9 Å². The number of H-pyrrole nitrogens is 1. The van der Waals surface area contributed by atoms with Crippen molar-refractivity contribution in [2.24, 2.45) is 0 Å². The highest BCUT2D eigenvalue weighted by Gasteiger charge is 2.36. The molecule has 0 saturated carbocycles. The van der Waals surface area contributed by atoms with Gasteiger partial charge >= 0.3 is 6.18 Å². The Labute approximate surface area is 83.0 Å². The minimum Gasteiger partial charge on any atom is -0.361 e. The molecule has 2 aromatic heterocycles. The highest BCUT2D eigenvalue weighted by molar-refractivity contribution is 5.62. The van der Waals surface area contributed by atoms with Gasteiger partial charge in [0.2, 0.25) is 0 Å². The third kappa shape index (κ3) is 1.83. The zero-order valence-corrected chi connectivity index (χ0v) is 7.42. The van der Waals surface area contributed by atoms with Crippen LogP contribution in [0.3, 0.4) is 0 Å². The van der Waals surface area contributed by atoms with Gasteiger partial charge in [-0.2, -0.15) is 18.3 Å². The summed E-state index contributed by atoms with van der Waals surface area (Å²) in [5, 5.41) is 6.35. The predicted molar refractivity (Wildman–Crippen MR) is 46.8 cm³/mol. The van der Waals surface area contributed by atoms with Crippen LogP contribution < -0.4 is 0 Å². The second-order valence-electron chi connectivity index (χ2n) is 2.88. The van der Waals surface area contributed by atoms with Crippen LogP contribution in [0, 0.1) is 0 Å². The highest BCUT2D eigenvalue weighted by Crippen LogP contribution is 2.33. The van der Waals surface area contributed by atoms with Gasteiger partial charge in [0.05, 0.1) is 6.20 Å². The van der Waals surface area contributed by atoms with E-state index in [9.17, 15) is 13.2 Å². The molecule has 0 aliphatic heterocycles. The maximum Gasteiger partial charge on any atom is 0.435 e. The van der Waals surface area contributed by atoms with Crippen LogP contribution in [0.15, 0.2) is 30.6 Å². The second-order valence-corrected chi connectivity index (χ2v) is 2.88. The first kappa shape index (κ1) is 9.70. The normalized spacial score (nSPS) is 11.7. The topological polar surface area (TPSA) is 41.6 Å². The Bertz CT molecular complexity index is 448. The largest absolute Gasteiger partial charge is 0.435 e. The molecule has 1 N–H and O–H groups in total. The lowest BCUT2D eigenvalue weighted by Gasteiger charge is -2.08. The van der Waals surface area contributed by atoms with Crippen LogP contribution in [0.2, 0.25) is 0 Å². The van der Waals surface area contributed by atoms with Crippen LogP contribution >= 0.6 is 0 Å². The van der Waals surface area contributed by atoms with E-state index in [1.54, 1.807) is 18.3 Å². The number of aromatic nitrogens is 3. The fourth-order valence-corrected chi connectivity index (χ4v) is 1.26. The average molecular weight is 213 g/mol. The Morgan fingerprint density at radius 1 is 1.20 bits per heavy atom. The van der Waals surface area contributed by atoms with Gasteiger partial charge < -0.3 is 4.98 Å². The summed E-state index contributed by atoms with van der Waals surface area (Å²) in [4.78, 5) is 2.70. The molecule has 2 heterocycles. The summed E-state index contributed by atoms with van der Waals surface area (Å²) in [7, 11) is 0. The zero-order chi connectivity index (χ0) is 10.9. The third-order valence-electron chi connectivity index (χ3n) is 1.88. The molecule has 3 nitrogen and oxygen atoms in total. The van der Waals surface area contributed by atoms with Crippen molar-refractivity contribution < 1.29 is 13.2 Å². The van der Waals surface area contributed by atoms with Crippen LogP contribution in [0.5, 0.6) is 0 Å². The van der Waals surface area contributed by atoms with Crippen molar-refractivity contribution in [1.82, 2.24) is 15.2 Å². The molecule has 0 aliphatic carbocycles. The zero-order valence-electron chi connectivity index (χ0n) is 7.42. The number of halogens is 3.